The number of ether oxygens (including phenoxy) is 1. The van der Waals surface area contributed by atoms with E-state index >= 15 is 0 Å². The molecule has 2 heterocycles. The molecule has 2 rings (SSSR count). The Morgan fingerprint density at radius 3 is 2.95 bits per heavy atom. The lowest BCUT2D eigenvalue weighted by molar-refractivity contribution is 0.0606. The molecule has 6 nitrogen and oxygen atoms in total. The van der Waals surface area contributed by atoms with Crippen molar-refractivity contribution in [2.75, 3.05) is 20.2 Å². The van der Waals surface area contributed by atoms with E-state index in [1.165, 1.54) is 22.9 Å². The summed E-state index contributed by atoms with van der Waals surface area (Å²) < 4.78 is 30.7. The Kier molecular flexibility index (Phi) is 4.24. The summed E-state index contributed by atoms with van der Waals surface area (Å²) in [5.74, 6) is -0.526. The first-order chi connectivity index (χ1) is 8.95. The van der Waals surface area contributed by atoms with E-state index in [0.717, 1.165) is 24.2 Å². The lowest BCUT2D eigenvalue weighted by Gasteiger charge is -2.29. The molecule has 19 heavy (non-hydrogen) atoms. The summed E-state index contributed by atoms with van der Waals surface area (Å²) in [6.45, 7) is 0.797. The molecule has 1 unspecified atom stereocenters. The van der Waals surface area contributed by atoms with E-state index in [2.05, 4.69) is 4.74 Å². The molecule has 1 saturated heterocycles. The van der Waals surface area contributed by atoms with Crippen molar-refractivity contribution in [2.45, 2.75) is 23.8 Å². The number of nitrogens with two attached hydrogens (primary N) is 1. The number of carbonyl (C=O) groups is 1. The molecule has 1 atom stereocenters. The van der Waals surface area contributed by atoms with Gasteiger partial charge in [-0.15, -0.1) is 11.3 Å². The SMILES string of the molecule is COC(=O)c1cc(S(=O)(=O)N2CCCC(N)C2)cs1. The van der Waals surface area contributed by atoms with Crippen molar-refractivity contribution in [3.8, 4) is 0 Å². The molecule has 1 aliphatic rings. The second kappa shape index (κ2) is 5.58. The van der Waals surface area contributed by atoms with Crippen LogP contribution in [0.25, 0.3) is 0 Å². The Morgan fingerprint density at radius 2 is 2.32 bits per heavy atom. The predicted octanol–water partition coefficient (Wildman–Crippen LogP) is 0.647. The van der Waals surface area contributed by atoms with Crippen LogP contribution >= 0.6 is 11.3 Å². The Hall–Kier alpha value is -0.960. The van der Waals surface area contributed by atoms with E-state index in [-0.39, 0.29) is 15.8 Å². The molecule has 0 radical (unpaired) electrons. The fourth-order valence-corrected chi connectivity index (χ4v) is 4.72. The molecule has 0 spiro atoms. The molecular weight excluding hydrogens is 288 g/mol. The number of nitrogens with zero attached hydrogens (tertiary/aromatic N) is 1. The number of hydrogen-bond acceptors (Lipinski definition) is 6. The van der Waals surface area contributed by atoms with Crippen molar-refractivity contribution in [1.29, 1.82) is 0 Å². The summed E-state index contributed by atoms with van der Waals surface area (Å²) in [6.07, 6.45) is 1.59. The van der Waals surface area contributed by atoms with E-state index in [1.807, 2.05) is 0 Å². The van der Waals surface area contributed by atoms with Crippen LogP contribution in [-0.4, -0.2) is 44.9 Å². The second-order valence-electron chi connectivity index (χ2n) is 4.40. The highest BCUT2D eigenvalue weighted by Crippen LogP contribution is 2.25. The second-order valence-corrected chi connectivity index (χ2v) is 7.25. The summed E-state index contributed by atoms with van der Waals surface area (Å²) >= 11 is 1.06. The van der Waals surface area contributed by atoms with Crippen LogP contribution in [0.4, 0.5) is 0 Å². The number of methoxy groups -OCH3 is 1. The number of thiophene rings is 1. The molecule has 2 N–H and O–H groups in total. The topological polar surface area (TPSA) is 89.7 Å². The standard InChI is InChI=1S/C11H16N2O4S2/c1-17-11(14)10-5-9(7-18-10)19(15,16)13-4-2-3-8(12)6-13/h5,7-8H,2-4,6,12H2,1H3. The van der Waals surface area contributed by atoms with Crippen molar-refractivity contribution >= 4 is 27.3 Å². The summed E-state index contributed by atoms with van der Waals surface area (Å²) in [4.78, 5) is 11.8. The lowest BCUT2D eigenvalue weighted by Crippen LogP contribution is -2.45. The van der Waals surface area contributed by atoms with Gasteiger partial charge in [0.15, 0.2) is 0 Å². The fraction of sp³-hybridized carbons (Fsp3) is 0.545. The lowest BCUT2D eigenvalue weighted by atomic mass is 10.1. The van der Waals surface area contributed by atoms with E-state index in [9.17, 15) is 13.2 Å². The Labute approximate surface area is 116 Å². The average Bonchev–Trinajstić information content (AvgIpc) is 2.88. The highest BCUT2D eigenvalue weighted by molar-refractivity contribution is 7.89. The van der Waals surface area contributed by atoms with Crippen molar-refractivity contribution in [1.82, 2.24) is 4.31 Å². The molecule has 0 amide bonds. The average molecular weight is 304 g/mol. The largest absolute Gasteiger partial charge is 0.465 e. The molecule has 1 aromatic rings. The molecule has 1 aromatic heterocycles. The van der Waals surface area contributed by atoms with Gasteiger partial charge in [0.05, 0.1) is 12.0 Å². The van der Waals surface area contributed by atoms with Gasteiger partial charge >= 0.3 is 5.97 Å². The minimum Gasteiger partial charge on any atom is -0.465 e. The van der Waals surface area contributed by atoms with Crippen molar-refractivity contribution in [3.63, 3.8) is 0 Å². The molecule has 106 valence electrons. The summed E-state index contributed by atoms with van der Waals surface area (Å²) in [7, 11) is -2.30. The number of carbonyl (C=O) groups excluding carboxylic acids is 1. The third kappa shape index (κ3) is 2.97. The number of rotatable bonds is 3. The smallest absolute Gasteiger partial charge is 0.348 e. The van der Waals surface area contributed by atoms with Gasteiger partial charge in [-0.05, 0) is 18.9 Å². The first-order valence-electron chi connectivity index (χ1n) is 5.87. The monoisotopic (exact) mass is 304 g/mol. The number of esters is 1. The highest BCUT2D eigenvalue weighted by atomic mass is 32.2. The van der Waals surface area contributed by atoms with Crippen molar-refractivity contribution in [2.24, 2.45) is 5.73 Å². The summed E-state index contributed by atoms with van der Waals surface area (Å²) in [5, 5.41) is 1.46. The number of piperidine rings is 1. The van der Waals surface area contributed by atoms with E-state index in [0.29, 0.717) is 13.1 Å². The molecule has 0 saturated carbocycles. The van der Waals surface area contributed by atoms with Gasteiger partial charge in [0, 0.05) is 24.5 Å². The van der Waals surface area contributed by atoms with Crippen LogP contribution in [0, 0.1) is 0 Å². The Morgan fingerprint density at radius 1 is 1.58 bits per heavy atom. The maximum atomic E-state index is 12.4. The summed E-state index contributed by atoms with van der Waals surface area (Å²) in [6, 6.07) is 1.23. The molecular formula is C11H16N2O4S2. The van der Waals surface area contributed by atoms with Crippen LogP contribution < -0.4 is 5.73 Å². The Bertz CT molecular complexity index is 567. The van der Waals surface area contributed by atoms with E-state index < -0.39 is 16.0 Å². The molecule has 0 aromatic carbocycles. The van der Waals surface area contributed by atoms with Gasteiger partial charge < -0.3 is 10.5 Å². The van der Waals surface area contributed by atoms with Gasteiger partial charge in [0.25, 0.3) is 0 Å². The highest BCUT2D eigenvalue weighted by Gasteiger charge is 2.30. The predicted molar refractivity (Wildman–Crippen MR) is 71.6 cm³/mol. The van der Waals surface area contributed by atoms with E-state index in [4.69, 9.17) is 5.73 Å². The van der Waals surface area contributed by atoms with Crippen LogP contribution in [0.1, 0.15) is 22.5 Å². The van der Waals surface area contributed by atoms with Gasteiger partial charge in [0.1, 0.15) is 4.88 Å². The molecule has 8 heteroatoms. The van der Waals surface area contributed by atoms with Crippen LogP contribution in [-0.2, 0) is 14.8 Å². The van der Waals surface area contributed by atoms with E-state index in [1.54, 1.807) is 0 Å². The minimum absolute atomic E-state index is 0.123. The zero-order valence-electron chi connectivity index (χ0n) is 10.5. The third-order valence-electron chi connectivity index (χ3n) is 3.02. The maximum absolute atomic E-state index is 12.4. The number of hydrogen-bond donors (Lipinski definition) is 1. The zero-order chi connectivity index (χ0) is 14.0. The first kappa shape index (κ1) is 14.4. The first-order valence-corrected chi connectivity index (χ1v) is 8.19. The van der Waals surface area contributed by atoms with Gasteiger partial charge in [0.2, 0.25) is 10.0 Å². The van der Waals surface area contributed by atoms with Gasteiger partial charge in [-0.25, -0.2) is 13.2 Å². The third-order valence-corrected chi connectivity index (χ3v) is 5.92. The number of sulfonamides is 1. The van der Waals surface area contributed by atoms with Crippen LogP contribution in [0.5, 0.6) is 0 Å². The van der Waals surface area contributed by atoms with Gasteiger partial charge in [-0.2, -0.15) is 4.31 Å². The normalized spacial score (nSPS) is 21.3. The van der Waals surface area contributed by atoms with Gasteiger partial charge in [-0.3, -0.25) is 0 Å². The zero-order valence-corrected chi connectivity index (χ0v) is 12.2. The molecule has 1 aliphatic heterocycles. The molecule has 0 bridgehead atoms. The van der Waals surface area contributed by atoms with Crippen LogP contribution in [0.2, 0.25) is 0 Å². The van der Waals surface area contributed by atoms with Crippen LogP contribution in [0.15, 0.2) is 16.3 Å². The molecule has 1 fully saturated rings. The van der Waals surface area contributed by atoms with Crippen molar-refractivity contribution in [3.05, 3.63) is 16.3 Å². The fourth-order valence-electron chi connectivity index (χ4n) is 2.00. The summed E-state index contributed by atoms with van der Waals surface area (Å²) in [5.41, 5.74) is 5.80. The van der Waals surface area contributed by atoms with Crippen molar-refractivity contribution < 1.29 is 17.9 Å². The maximum Gasteiger partial charge on any atom is 0.348 e. The molecule has 0 aliphatic carbocycles. The minimum atomic E-state index is -3.56. The quantitative estimate of drug-likeness (QED) is 0.828. The van der Waals surface area contributed by atoms with Gasteiger partial charge in [-0.1, -0.05) is 0 Å². The van der Waals surface area contributed by atoms with Crippen LogP contribution in [0.3, 0.4) is 0 Å². The Balaban J connectivity index is 2.24.